The van der Waals surface area contributed by atoms with Crippen molar-refractivity contribution < 1.29 is 9.53 Å². The predicted octanol–water partition coefficient (Wildman–Crippen LogP) is 4.03. The summed E-state index contributed by atoms with van der Waals surface area (Å²) in [5.74, 6) is 1.24. The Morgan fingerprint density at radius 1 is 1.39 bits per heavy atom. The summed E-state index contributed by atoms with van der Waals surface area (Å²) in [6, 6.07) is 7.64. The minimum absolute atomic E-state index is 0.0112. The van der Waals surface area contributed by atoms with Crippen LogP contribution in [0.15, 0.2) is 35.2 Å². The fourth-order valence-corrected chi connectivity index (χ4v) is 3.52. The van der Waals surface area contributed by atoms with Crippen LogP contribution < -0.4 is 10.1 Å². The molecule has 0 bridgehead atoms. The van der Waals surface area contributed by atoms with Crippen molar-refractivity contribution in [3.63, 3.8) is 0 Å². The van der Waals surface area contributed by atoms with E-state index in [1.807, 2.05) is 23.6 Å². The number of thiazole rings is 1. The highest BCUT2D eigenvalue weighted by atomic mass is 32.1. The van der Waals surface area contributed by atoms with E-state index >= 15 is 0 Å². The zero-order valence-electron chi connectivity index (χ0n) is 13.3. The Kier molecular flexibility index (Phi) is 5.28. The molecule has 4 nitrogen and oxygen atoms in total. The quantitative estimate of drug-likeness (QED) is 0.900. The van der Waals surface area contributed by atoms with E-state index in [9.17, 15) is 4.79 Å². The van der Waals surface area contributed by atoms with Gasteiger partial charge in [-0.15, -0.1) is 11.3 Å². The first-order valence-corrected chi connectivity index (χ1v) is 9.07. The lowest BCUT2D eigenvalue weighted by atomic mass is 9.86. The van der Waals surface area contributed by atoms with Gasteiger partial charge < -0.3 is 10.1 Å². The van der Waals surface area contributed by atoms with Crippen LogP contribution in [0.4, 0.5) is 0 Å². The molecule has 2 unspecified atom stereocenters. The molecule has 1 aliphatic rings. The van der Waals surface area contributed by atoms with Crippen molar-refractivity contribution >= 4 is 17.2 Å². The molecule has 1 fully saturated rings. The molecule has 2 aromatic rings. The van der Waals surface area contributed by atoms with Gasteiger partial charge in [0.05, 0.1) is 11.2 Å². The number of nitrogens with one attached hydrogen (secondary N) is 1. The van der Waals surface area contributed by atoms with E-state index in [0.717, 1.165) is 12.1 Å². The van der Waals surface area contributed by atoms with Crippen LogP contribution in [0.1, 0.15) is 48.7 Å². The van der Waals surface area contributed by atoms with Crippen molar-refractivity contribution in [2.75, 3.05) is 0 Å². The number of carbonyl (C=O) groups excluding carboxylic acids is 1. The predicted molar refractivity (Wildman–Crippen MR) is 91.8 cm³/mol. The van der Waals surface area contributed by atoms with Gasteiger partial charge in [0.1, 0.15) is 12.4 Å². The fraction of sp³-hybridized carbons (Fsp3) is 0.444. The molecular weight excluding hydrogens is 308 g/mol. The third-order valence-electron chi connectivity index (χ3n) is 4.39. The molecule has 0 radical (unpaired) electrons. The van der Waals surface area contributed by atoms with Crippen LogP contribution in [0.5, 0.6) is 5.75 Å². The summed E-state index contributed by atoms with van der Waals surface area (Å²) in [4.78, 5) is 16.7. The first-order valence-electron chi connectivity index (χ1n) is 8.13. The molecule has 0 aliphatic heterocycles. The molecule has 1 aromatic carbocycles. The molecule has 1 N–H and O–H groups in total. The summed E-state index contributed by atoms with van der Waals surface area (Å²) in [7, 11) is 0. The van der Waals surface area contributed by atoms with E-state index in [1.165, 1.54) is 19.3 Å². The maximum atomic E-state index is 12.5. The number of hydrogen-bond acceptors (Lipinski definition) is 4. The van der Waals surface area contributed by atoms with Gasteiger partial charge in [-0.25, -0.2) is 4.98 Å². The molecule has 23 heavy (non-hydrogen) atoms. The molecule has 1 aromatic heterocycles. The molecule has 3 rings (SSSR count). The summed E-state index contributed by atoms with van der Waals surface area (Å²) in [6.45, 7) is 2.64. The Balaban J connectivity index is 1.60. The third kappa shape index (κ3) is 4.32. The van der Waals surface area contributed by atoms with Gasteiger partial charge in [0.2, 0.25) is 0 Å². The zero-order chi connectivity index (χ0) is 16.1. The van der Waals surface area contributed by atoms with E-state index in [-0.39, 0.29) is 11.9 Å². The van der Waals surface area contributed by atoms with Crippen LogP contribution in [-0.4, -0.2) is 16.9 Å². The number of rotatable bonds is 5. The standard InChI is InChI=1S/C18H22N2O2S/c1-13-5-2-3-8-17(13)20-18(21)14-6-4-7-16(9-14)22-10-15-11-23-12-19-15/h4,6-7,9,11-13,17H,2-3,5,8,10H2,1H3,(H,20,21). The minimum Gasteiger partial charge on any atom is -0.487 e. The second-order valence-corrected chi connectivity index (χ2v) is 6.86. The molecule has 1 saturated carbocycles. The van der Waals surface area contributed by atoms with Crippen molar-refractivity contribution in [2.45, 2.75) is 45.3 Å². The fourth-order valence-electron chi connectivity index (χ4n) is 2.98. The van der Waals surface area contributed by atoms with Gasteiger partial charge in [0.25, 0.3) is 5.91 Å². The molecule has 1 aliphatic carbocycles. The minimum atomic E-state index is -0.0112. The Hall–Kier alpha value is -1.88. The number of nitrogens with zero attached hydrogens (tertiary/aromatic N) is 1. The normalized spacial score (nSPS) is 20.9. The van der Waals surface area contributed by atoms with E-state index in [4.69, 9.17) is 4.74 Å². The topological polar surface area (TPSA) is 51.2 Å². The van der Waals surface area contributed by atoms with Crippen LogP contribution in [0.2, 0.25) is 0 Å². The number of benzene rings is 1. The Bertz CT molecular complexity index is 642. The van der Waals surface area contributed by atoms with Crippen molar-refractivity contribution in [1.82, 2.24) is 10.3 Å². The van der Waals surface area contributed by atoms with Gasteiger partial charge in [0.15, 0.2) is 0 Å². The smallest absolute Gasteiger partial charge is 0.251 e. The molecule has 2 atom stereocenters. The van der Waals surface area contributed by atoms with Crippen LogP contribution >= 0.6 is 11.3 Å². The first kappa shape index (κ1) is 16.0. The number of ether oxygens (including phenoxy) is 1. The average molecular weight is 330 g/mol. The Labute approximate surface area is 140 Å². The van der Waals surface area contributed by atoms with Gasteiger partial charge in [0, 0.05) is 17.0 Å². The summed E-state index contributed by atoms with van der Waals surface area (Å²) < 4.78 is 5.72. The summed E-state index contributed by atoms with van der Waals surface area (Å²) in [5, 5.41) is 5.14. The Morgan fingerprint density at radius 3 is 3.04 bits per heavy atom. The van der Waals surface area contributed by atoms with Gasteiger partial charge in [-0.3, -0.25) is 4.79 Å². The Morgan fingerprint density at radius 2 is 2.26 bits per heavy atom. The van der Waals surface area contributed by atoms with E-state index in [0.29, 0.717) is 23.8 Å². The largest absolute Gasteiger partial charge is 0.487 e. The maximum absolute atomic E-state index is 12.5. The molecule has 122 valence electrons. The average Bonchev–Trinajstić information content (AvgIpc) is 3.09. The zero-order valence-corrected chi connectivity index (χ0v) is 14.1. The summed E-state index contributed by atoms with van der Waals surface area (Å²) >= 11 is 1.55. The van der Waals surface area contributed by atoms with E-state index in [2.05, 4.69) is 17.2 Å². The maximum Gasteiger partial charge on any atom is 0.251 e. The van der Waals surface area contributed by atoms with Gasteiger partial charge in [-0.05, 0) is 37.0 Å². The van der Waals surface area contributed by atoms with Crippen molar-refractivity contribution in [1.29, 1.82) is 0 Å². The van der Waals surface area contributed by atoms with Gasteiger partial charge in [-0.1, -0.05) is 25.8 Å². The third-order valence-corrected chi connectivity index (χ3v) is 5.03. The highest BCUT2D eigenvalue weighted by Gasteiger charge is 2.23. The molecular formula is C18H22N2O2S. The summed E-state index contributed by atoms with van der Waals surface area (Å²) in [5.41, 5.74) is 3.34. The van der Waals surface area contributed by atoms with Crippen molar-refractivity contribution in [2.24, 2.45) is 5.92 Å². The van der Waals surface area contributed by atoms with Gasteiger partial charge in [-0.2, -0.15) is 0 Å². The summed E-state index contributed by atoms with van der Waals surface area (Å²) in [6.07, 6.45) is 4.74. The second kappa shape index (κ2) is 7.59. The lowest BCUT2D eigenvalue weighted by molar-refractivity contribution is 0.0910. The number of amides is 1. The van der Waals surface area contributed by atoms with Gasteiger partial charge >= 0.3 is 0 Å². The van der Waals surface area contributed by atoms with E-state index < -0.39 is 0 Å². The number of carbonyl (C=O) groups is 1. The number of hydrogen-bond donors (Lipinski definition) is 1. The molecule has 1 heterocycles. The van der Waals surface area contributed by atoms with E-state index in [1.54, 1.807) is 22.9 Å². The number of aromatic nitrogens is 1. The SMILES string of the molecule is CC1CCCCC1NC(=O)c1cccc(OCc2cscn2)c1. The van der Waals surface area contributed by atoms with Crippen molar-refractivity contribution in [3.05, 3.63) is 46.4 Å². The highest BCUT2D eigenvalue weighted by Crippen LogP contribution is 2.24. The lowest BCUT2D eigenvalue weighted by Gasteiger charge is -2.29. The molecule has 0 spiro atoms. The van der Waals surface area contributed by atoms with Crippen LogP contribution in [-0.2, 0) is 6.61 Å². The lowest BCUT2D eigenvalue weighted by Crippen LogP contribution is -2.41. The van der Waals surface area contributed by atoms with Crippen LogP contribution in [0.25, 0.3) is 0 Å². The second-order valence-electron chi connectivity index (χ2n) is 6.14. The molecule has 0 saturated heterocycles. The monoisotopic (exact) mass is 330 g/mol. The first-order chi connectivity index (χ1) is 11.2. The highest BCUT2D eigenvalue weighted by molar-refractivity contribution is 7.07. The molecule has 1 amide bonds. The molecule has 5 heteroatoms. The van der Waals surface area contributed by atoms with Crippen LogP contribution in [0.3, 0.4) is 0 Å². The van der Waals surface area contributed by atoms with Crippen LogP contribution in [0, 0.1) is 5.92 Å². The van der Waals surface area contributed by atoms with Crippen molar-refractivity contribution in [3.8, 4) is 5.75 Å².